The molecule has 4 heteroatoms. The smallest absolute Gasteiger partial charge is 0.244 e. The van der Waals surface area contributed by atoms with Crippen LogP contribution in [0.5, 0.6) is 0 Å². The van der Waals surface area contributed by atoms with Crippen LogP contribution in [0.15, 0.2) is 18.2 Å². The van der Waals surface area contributed by atoms with Gasteiger partial charge in [-0.25, -0.2) is 4.39 Å². The number of nitriles is 1. The van der Waals surface area contributed by atoms with Crippen molar-refractivity contribution in [2.45, 2.75) is 39.0 Å². The van der Waals surface area contributed by atoms with Crippen molar-refractivity contribution in [2.24, 2.45) is 5.41 Å². The number of halogens is 1. The van der Waals surface area contributed by atoms with Gasteiger partial charge in [0.15, 0.2) is 0 Å². The summed E-state index contributed by atoms with van der Waals surface area (Å²) in [6, 6.07) is 6.54. The summed E-state index contributed by atoms with van der Waals surface area (Å²) in [4.78, 5) is 12.3. The first-order valence-electron chi connectivity index (χ1n) is 6.56. The Labute approximate surface area is 112 Å². The maximum Gasteiger partial charge on any atom is 0.244 e. The van der Waals surface area contributed by atoms with Crippen LogP contribution < -0.4 is 5.32 Å². The number of nitrogens with one attached hydrogen (secondary N) is 1. The quantitative estimate of drug-likeness (QED) is 0.884. The molecule has 1 aromatic rings. The molecule has 100 valence electrons. The molecule has 1 N–H and O–H groups in total. The summed E-state index contributed by atoms with van der Waals surface area (Å²) in [5.74, 6) is -0.690. The van der Waals surface area contributed by atoms with E-state index in [1.54, 1.807) is 13.0 Å². The molecule has 0 bridgehead atoms. The molecule has 1 saturated carbocycles. The van der Waals surface area contributed by atoms with Gasteiger partial charge in [-0.1, -0.05) is 19.3 Å². The number of rotatable bonds is 2. The van der Waals surface area contributed by atoms with Crippen LogP contribution >= 0.6 is 0 Å². The van der Waals surface area contributed by atoms with Gasteiger partial charge in [-0.2, -0.15) is 5.26 Å². The lowest BCUT2D eigenvalue weighted by atomic mass is 9.74. The van der Waals surface area contributed by atoms with Crippen molar-refractivity contribution in [2.75, 3.05) is 5.32 Å². The average Bonchev–Trinajstić information content (AvgIpc) is 2.38. The van der Waals surface area contributed by atoms with Crippen LogP contribution in [0.4, 0.5) is 10.1 Å². The van der Waals surface area contributed by atoms with E-state index in [2.05, 4.69) is 11.4 Å². The van der Waals surface area contributed by atoms with Crippen LogP contribution in [0.3, 0.4) is 0 Å². The van der Waals surface area contributed by atoms with Crippen molar-refractivity contribution in [1.82, 2.24) is 0 Å². The van der Waals surface area contributed by atoms with E-state index in [0.29, 0.717) is 18.5 Å². The number of carbonyl (C=O) groups is 1. The van der Waals surface area contributed by atoms with Gasteiger partial charge in [0, 0.05) is 5.69 Å². The molecule has 0 unspecified atom stereocenters. The lowest BCUT2D eigenvalue weighted by Crippen LogP contribution is -2.36. The zero-order chi connectivity index (χ0) is 13.9. The van der Waals surface area contributed by atoms with Crippen molar-refractivity contribution in [3.63, 3.8) is 0 Å². The molecule has 1 aliphatic carbocycles. The fourth-order valence-corrected chi connectivity index (χ4v) is 2.60. The van der Waals surface area contributed by atoms with E-state index < -0.39 is 5.41 Å². The van der Waals surface area contributed by atoms with Crippen LogP contribution in [0.1, 0.15) is 37.7 Å². The van der Waals surface area contributed by atoms with Gasteiger partial charge >= 0.3 is 0 Å². The third-order valence-electron chi connectivity index (χ3n) is 3.66. The Morgan fingerprint density at radius 3 is 2.58 bits per heavy atom. The van der Waals surface area contributed by atoms with Crippen molar-refractivity contribution in [3.05, 3.63) is 29.6 Å². The minimum atomic E-state index is -0.946. The first kappa shape index (κ1) is 13.5. The number of hydrogen-bond acceptors (Lipinski definition) is 2. The Morgan fingerprint density at radius 2 is 2.00 bits per heavy atom. The molecule has 1 aromatic carbocycles. The van der Waals surface area contributed by atoms with E-state index in [1.807, 2.05) is 0 Å². The summed E-state index contributed by atoms with van der Waals surface area (Å²) >= 11 is 0. The van der Waals surface area contributed by atoms with Gasteiger partial charge in [0.25, 0.3) is 0 Å². The Hall–Kier alpha value is -1.89. The molecule has 0 saturated heterocycles. The van der Waals surface area contributed by atoms with Crippen molar-refractivity contribution in [3.8, 4) is 6.07 Å². The minimum Gasteiger partial charge on any atom is -0.325 e. The number of hydrogen-bond donors (Lipinski definition) is 1. The lowest BCUT2D eigenvalue weighted by molar-refractivity contribution is -0.124. The molecule has 0 heterocycles. The Balaban J connectivity index is 2.18. The monoisotopic (exact) mass is 260 g/mol. The first-order valence-corrected chi connectivity index (χ1v) is 6.56. The van der Waals surface area contributed by atoms with Crippen molar-refractivity contribution >= 4 is 11.6 Å². The SMILES string of the molecule is Cc1cc(F)cc(NC(=O)C2(C#N)CCCCC2)c1. The second-order valence-electron chi connectivity index (χ2n) is 5.23. The lowest BCUT2D eigenvalue weighted by Gasteiger charge is -2.29. The highest BCUT2D eigenvalue weighted by Crippen LogP contribution is 2.36. The molecule has 1 aliphatic rings. The van der Waals surface area contributed by atoms with E-state index in [-0.39, 0.29) is 11.7 Å². The Morgan fingerprint density at radius 1 is 1.32 bits per heavy atom. The van der Waals surface area contributed by atoms with Gasteiger partial charge in [-0.05, 0) is 43.5 Å². The fraction of sp³-hybridized carbons (Fsp3) is 0.467. The highest BCUT2D eigenvalue weighted by molar-refractivity contribution is 5.97. The second kappa shape index (κ2) is 5.40. The first-order chi connectivity index (χ1) is 9.05. The topological polar surface area (TPSA) is 52.9 Å². The highest BCUT2D eigenvalue weighted by atomic mass is 19.1. The number of benzene rings is 1. The maximum atomic E-state index is 13.3. The zero-order valence-corrected chi connectivity index (χ0v) is 11.0. The molecule has 0 spiro atoms. The molecular formula is C15H17FN2O. The van der Waals surface area contributed by atoms with Crippen LogP contribution in [0, 0.1) is 29.5 Å². The molecular weight excluding hydrogens is 243 g/mol. The van der Waals surface area contributed by atoms with Crippen molar-refractivity contribution in [1.29, 1.82) is 5.26 Å². The second-order valence-corrected chi connectivity index (χ2v) is 5.23. The Kier molecular flexibility index (Phi) is 3.84. The van der Waals surface area contributed by atoms with Gasteiger partial charge in [0.05, 0.1) is 6.07 Å². The van der Waals surface area contributed by atoms with E-state index >= 15 is 0 Å². The predicted molar refractivity (Wildman–Crippen MR) is 70.9 cm³/mol. The van der Waals surface area contributed by atoms with Gasteiger partial charge < -0.3 is 5.32 Å². The molecule has 2 rings (SSSR count). The van der Waals surface area contributed by atoms with Gasteiger partial charge in [-0.3, -0.25) is 4.79 Å². The molecule has 0 atom stereocenters. The van der Waals surface area contributed by atoms with Crippen LogP contribution in [-0.4, -0.2) is 5.91 Å². The van der Waals surface area contributed by atoms with E-state index in [9.17, 15) is 14.4 Å². The van der Waals surface area contributed by atoms with E-state index in [4.69, 9.17) is 0 Å². The van der Waals surface area contributed by atoms with E-state index in [0.717, 1.165) is 24.8 Å². The number of anilines is 1. The highest BCUT2D eigenvalue weighted by Gasteiger charge is 2.39. The summed E-state index contributed by atoms with van der Waals surface area (Å²) in [7, 11) is 0. The largest absolute Gasteiger partial charge is 0.325 e. The number of amides is 1. The summed E-state index contributed by atoms with van der Waals surface area (Å²) in [5.41, 5.74) is 0.214. The van der Waals surface area contributed by atoms with E-state index in [1.165, 1.54) is 12.1 Å². The Bertz CT molecular complexity index is 507. The summed E-state index contributed by atoms with van der Waals surface area (Å²) in [6.07, 6.45) is 4.02. The summed E-state index contributed by atoms with van der Waals surface area (Å²) in [5, 5.41) is 12.0. The van der Waals surface area contributed by atoms with Gasteiger partial charge in [0.1, 0.15) is 11.2 Å². The molecule has 0 aliphatic heterocycles. The number of aryl methyl sites for hydroxylation is 1. The third kappa shape index (κ3) is 2.93. The van der Waals surface area contributed by atoms with Crippen LogP contribution in [0.25, 0.3) is 0 Å². The summed E-state index contributed by atoms with van der Waals surface area (Å²) in [6.45, 7) is 1.76. The minimum absolute atomic E-state index is 0.306. The zero-order valence-electron chi connectivity index (χ0n) is 11.0. The van der Waals surface area contributed by atoms with Crippen molar-refractivity contribution < 1.29 is 9.18 Å². The molecule has 19 heavy (non-hydrogen) atoms. The number of nitrogens with zero attached hydrogens (tertiary/aromatic N) is 1. The maximum absolute atomic E-state index is 13.3. The molecule has 3 nitrogen and oxygen atoms in total. The van der Waals surface area contributed by atoms with Crippen LogP contribution in [-0.2, 0) is 4.79 Å². The molecule has 1 amide bonds. The number of carbonyl (C=O) groups excluding carboxylic acids is 1. The van der Waals surface area contributed by atoms with Crippen LogP contribution in [0.2, 0.25) is 0 Å². The average molecular weight is 260 g/mol. The van der Waals surface area contributed by atoms with Gasteiger partial charge in [-0.15, -0.1) is 0 Å². The standard InChI is InChI=1S/C15H17FN2O/c1-11-7-12(16)9-13(8-11)18-14(19)15(10-17)5-3-2-4-6-15/h7-9H,2-6H2,1H3,(H,18,19). The predicted octanol–water partition coefficient (Wildman–Crippen LogP) is 3.55. The van der Waals surface area contributed by atoms with Gasteiger partial charge in [0.2, 0.25) is 5.91 Å². The molecule has 0 aromatic heterocycles. The molecule has 0 radical (unpaired) electrons. The summed E-state index contributed by atoms with van der Waals surface area (Å²) < 4.78 is 13.3. The molecule has 1 fully saturated rings. The fourth-order valence-electron chi connectivity index (χ4n) is 2.60. The normalized spacial score (nSPS) is 17.5. The third-order valence-corrected chi connectivity index (χ3v) is 3.66.